The predicted octanol–water partition coefficient (Wildman–Crippen LogP) is 0.741. The molecule has 2 heterocycles. The third kappa shape index (κ3) is 4.61. The van der Waals surface area contributed by atoms with Crippen LogP contribution in [0.15, 0.2) is 17.6 Å². The van der Waals surface area contributed by atoms with Gasteiger partial charge in [-0.25, -0.2) is 4.68 Å². The summed E-state index contributed by atoms with van der Waals surface area (Å²) < 4.78 is 3.68. The van der Waals surface area contributed by atoms with Crippen LogP contribution in [0.1, 0.15) is 18.9 Å². The Bertz CT molecular complexity index is 507. The molecule has 0 radical (unpaired) electrons. The first-order chi connectivity index (χ1) is 9.79. The molecule has 0 aliphatic heterocycles. The van der Waals surface area contributed by atoms with Gasteiger partial charge in [0.05, 0.1) is 12.7 Å². The molecule has 2 rings (SSSR count). The molecule has 7 nitrogen and oxygen atoms in total. The van der Waals surface area contributed by atoms with Crippen LogP contribution in [0.3, 0.4) is 0 Å². The molecule has 0 unspecified atom stereocenters. The molecule has 0 saturated carbocycles. The molecular formula is C12H21N7S. The fourth-order valence-corrected chi connectivity index (χ4v) is 2.68. The number of thioether (sulfide) groups is 1. The number of aryl methyl sites for hydroxylation is 2. The number of nitrogens with zero attached hydrogens (tertiary/aromatic N) is 6. The van der Waals surface area contributed by atoms with Crippen LogP contribution in [0.2, 0.25) is 0 Å². The highest BCUT2D eigenvalue weighted by molar-refractivity contribution is 7.99. The zero-order valence-corrected chi connectivity index (χ0v) is 12.8. The van der Waals surface area contributed by atoms with E-state index in [4.69, 9.17) is 0 Å². The molecule has 0 spiro atoms. The molecule has 0 aromatic carbocycles. The van der Waals surface area contributed by atoms with Gasteiger partial charge in [-0.05, 0) is 35.4 Å². The van der Waals surface area contributed by atoms with Crippen molar-refractivity contribution in [2.45, 2.75) is 31.5 Å². The number of hydrogen-bond donors (Lipinski definition) is 1. The van der Waals surface area contributed by atoms with Gasteiger partial charge in [0, 0.05) is 25.5 Å². The minimum atomic E-state index is 0.808. The molecule has 1 N–H and O–H groups in total. The molecule has 2 aromatic rings. The van der Waals surface area contributed by atoms with E-state index in [1.807, 2.05) is 28.8 Å². The fourth-order valence-electron chi connectivity index (χ4n) is 1.79. The van der Waals surface area contributed by atoms with Crippen molar-refractivity contribution in [2.24, 2.45) is 7.05 Å². The van der Waals surface area contributed by atoms with Crippen molar-refractivity contribution in [3.63, 3.8) is 0 Å². The van der Waals surface area contributed by atoms with Crippen LogP contribution >= 0.6 is 11.8 Å². The van der Waals surface area contributed by atoms with Crippen LogP contribution in [0, 0.1) is 0 Å². The lowest BCUT2D eigenvalue weighted by Gasteiger charge is -2.05. The van der Waals surface area contributed by atoms with E-state index in [1.54, 1.807) is 11.8 Å². The lowest BCUT2D eigenvalue weighted by molar-refractivity contribution is 0.510. The van der Waals surface area contributed by atoms with Crippen molar-refractivity contribution in [3.8, 4) is 0 Å². The Morgan fingerprint density at radius 2 is 2.25 bits per heavy atom. The summed E-state index contributed by atoms with van der Waals surface area (Å²) >= 11 is 1.68. The molecular weight excluding hydrogens is 274 g/mol. The second-order valence-electron chi connectivity index (χ2n) is 4.56. The zero-order chi connectivity index (χ0) is 14.2. The first kappa shape index (κ1) is 15.0. The molecule has 110 valence electrons. The SMILES string of the molecule is CCCNCCn1nnnc1SCCc1cnn(C)c1. The predicted molar refractivity (Wildman–Crippen MR) is 78.6 cm³/mol. The van der Waals surface area contributed by atoms with Gasteiger partial charge in [-0.15, -0.1) is 5.10 Å². The molecule has 0 amide bonds. The highest BCUT2D eigenvalue weighted by atomic mass is 32.2. The van der Waals surface area contributed by atoms with Gasteiger partial charge in [0.1, 0.15) is 0 Å². The average molecular weight is 295 g/mol. The number of aromatic nitrogens is 6. The maximum atomic E-state index is 4.16. The highest BCUT2D eigenvalue weighted by Crippen LogP contribution is 2.15. The van der Waals surface area contributed by atoms with Gasteiger partial charge in [0.25, 0.3) is 0 Å². The van der Waals surface area contributed by atoms with Crippen molar-refractivity contribution in [2.75, 3.05) is 18.8 Å². The van der Waals surface area contributed by atoms with E-state index in [2.05, 4.69) is 32.9 Å². The van der Waals surface area contributed by atoms with Crippen LogP contribution in [0.4, 0.5) is 0 Å². The van der Waals surface area contributed by atoms with Gasteiger partial charge in [0.2, 0.25) is 5.16 Å². The zero-order valence-electron chi connectivity index (χ0n) is 12.0. The van der Waals surface area contributed by atoms with Crippen molar-refractivity contribution in [1.29, 1.82) is 0 Å². The standard InChI is InChI=1S/C12H21N7S/c1-3-5-13-6-7-19-12(15-16-17-19)20-8-4-11-9-14-18(2)10-11/h9-10,13H,3-8H2,1-2H3. The summed E-state index contributed by atoms with van der Waals surface area (Å²) in [7, 11) is 1.93. The van der Waals surface area contributed by atoms with Crippen LogP contribution in [-0.4, -0.2) is 48.8 Å². The Kier molecular flexibility index (Phi) is 6.00. The van der Waals surface area contributed by atoms with Gasteiger partial charge in [0.15, 0.2) is 0 Å². The smallest absolute Gasteiger partial charge is 0.209 e. The lowest BCUT2D eigenvalue weighted by Crippen LogP contribution is -2.21. The van der Waals surface area contributed by atoms with Gasteiger partial charge in [-0.1, -0.05) is 18.7 Å². The van der Waals surface area contributed by atoms with Crippen LogP contribution in [0.5, 0.6) is 0 Å². The Morgan fingerprint density at radius 1 is 1.35 bits per heavy atom. The number of rotatable bonds is 9. The summed E-state index contributed by atoms with van der Waals surface area (Å²) in [6.07, 6.45) is 6.05. The maximum absolute atomic E-state index is 4.16. The second kappa shape index (κ2) is 8.01. The number of tetrazole rings is 1. The van der Waals surface area contributed by atoms with Gasteiger partial charge in [-0.2, -0.15) is 5.10 Å². The van der Waals surface area contributed by atoms with Gasteiger partial charge < -0.3 is 5.32 Å². The summed E-state index contributed by atoms with van der Waals surface area (Å²) in [6.45, 7) is 4.90. The summed E-state index contributed by atoms with van der Waals surface area (Å²) in [5.74, 6) is 0.953. The fraction of sp³-hybridized carbons (Fsp3) is 0.667. The molecule has 0 saturated heterocycles. The van der Waals surface area contributed by atoms with E-state index in [-0.39, 0.29) is 0 Å². The van der Waals surface area contributed by atoms with E-state index in [1.165, 1.54) is 5.56 Å². The Hall–Kier alpha value is -1.41. The summed E-state index contributed by atoms with van der Waals surface area (Å²) in [5.41, 5.74) is 1.24. The van der Waals surface area contributed by atoms with Crippen molar-refractivity contribution >= 4 is 11.8 Å². The molecule has 0 aliphatic carbocycles. The third-order valence-corrected chi connectivity index (χ3v) is 3.77. The van der Waals surface area contributed by atoms with E-state index in [9.17, 15) is 0 Å². The quantitative estimate of drug-likeness (QED) is 0.543. The largest absolute Gasteiger partial charge is 0.315 e. The lowest BCUT2D eigenvalue weighted by atomic mass is 10.3. The minimum Gasteiger partial charge on any atom is -0.315 e. The Morgan fingerprint density at radius 3 is 3.00 bits per heavy atom. The Labute approximate surface area is 123 Å². The van der Waals surface area contributed by atoms with Gasteiger partial charge >= 0.3 is 0 Å². The second-order valence-corrected chi connectivity index (χ2v) is 5.62. The summed E-state index contributed by atoms with van der Waals surface area (Å²) in [6, 6.07) is 0. The molecule has 20 heavy (non-hydrogen) atoms. The molecule has 0 atom stereocenters. The van der Waals surface area contributed by atoms with E-state index < -0.39 is 0 Å². The normalized spacial score (nSPS) is 11.1. The van der Waals surface area contributed by atoms with Crippen LogP contribution < -0.4 is 5.32 Å². The summed E-state index contributed by atoms with van der Waals surface area (Å²) in [4.78, 5) is 0. The topological polar surface area (TPSA) is 73.5 Å². The van der Waals surface area contributed by atoms with E-state index in [0.29, 0.717) is 0 Å². The number of nitrogens with one attached hydrogen (secondary N) is 1. The third-order valence-electron chi connectivity index (χ3n) is 2.81. The molecule has 0 aliphatic rings. The monoisotopic (exact) mass is 295 g/mol. The van der Waals surface area contributed by atoms with Crippen molar-refractivity contribution in [1.82, 2.24) is 35.3 Å². The number of hydrogen-bond acceptors (Lipinski definition) is 6. The van der Waals surface area contributed by atoms with E-state index in [0.717, 1.165) is 43.4 Å². The molecule has 0 bridgehead atoms. The molecule has 0 fully saturated rings. The van der Waals surface area contributed by atoms with Gasteiger partial charge in [-0.3, -0.25) is 4.68 Å². The first-order valence-corrected chi connectivity index (χ1v) is 7.85. The average Bonchev–Trinajstić information content (AvgIpc) is 3.05. The van der Waals surface area contributed by atoms with Crippen LogP contribution in [0.25, 0.3) is 0 Å². The minimum absolute atomic E-state index is 0.808. The Balaban J connectivity index is 1.74. The van der Waals surface area contributed by atoms with Crippen molar-refractivity contribution < 1.29 is 0 Å². The molecule has 8 heteroatoms. The van der Waals surface area contributed by atoms with E-state index >= 15 is 0 Å². The molecule has 2 aromatic heterocycles. The summed E-state index contributed by atoms with van der Waals surface area (Å²) in [5, 5.41) is 20.2. The maximum Gasteiger partial charge on any atom is 0.209 e. The first-order valence-electron chi connectivity index (χ1n) is 6.86. The van der Waals surface area contributed by atoms with Crippen LogP contribution in [-0.2, 0) is 20.0 Å². The highest BCUT2D eigenvalue weighted by Gasteiger charge is 2.06. The van der Waals surface area contributed by atoms with Crippen molar-refractivity contribution in [3.05, 3.63) is 18.0 Å².